The van der Waals surface area contributed by atoms with Crippen molar-refractivity contribution >= 4 is 17.8 Å². The maximum absolute atomic E-state index is 13.1. The van der Waals surface area contributed by atoms with Crippen LogP contribution in [0.2, 0.25) is 0 Å². The molecule has 0 saturated carbocycles. The smallest absolute Gasteiger partial charge is 0.325 e. The van der Waals surface area contributed by atoms with Crippen molar-refractivity contribution in [3.63, 3.8) is 0 Å². The van der Waals surface area contributed by atoms with E-state index in [4.69, 9.17) is 0 Å². The Labute approximate surface area is 147 Å². The van der Waals surface area contributed by atoms with Crippen LogP contribution in [0.25, 0.3) is 0 Å². The molecular formula is C18H24FN3O3. The Kier molecular flexibility index (Phi) is 5.15. The maximum atomic E-state index is 13.1. The minimum absolute atomic E-state index is 0.0447. The second kappa shape index (κ2) is 6.82. The highest BCUT2D eigenvalue weighted by molar-refractivity contribution is 6.09. The molecule has 1 aliphatic heterocycles. The van der Waals surface area contributed by atoms with Gasteiger partial charge in [0.15, 0.2) is 0 Å². The molecule has 0 radical (unpaired) electrons. The van der Waals surface area contributed by atoms with E-state index in [2.05, 4.69) is 5.32 Å². The van der Waals surface area contributed by atoms with Crippen molar-refractivity contribution in [1.29, 1.82) is 0 Å². The number of hydrogen-bond acceptors (Lipinski definition) is 3. The maximum Gasteiger partial charge on any atom is 0.325 e. The zero-order valence-corrected chi connectivity index (χ0v) is 15.2. The molecule has 1 fully saturated rings. The monoisotopic (exact) mass is 349 g/mol. The molecule has 1 aliphatic rings. The normalized spacial score (nSPS) is 20.4. The number of nitrogens with one attached hydrogen (secondary N) is 1. The van der Waals surface area contributed by atoms with Gasteiger partial charge in [-0.2, -0.15) is 0 Å². The van der Waals surface area contributed by atoms with Crippen molar-refractivity contribution in [3.05, 3.63) is 35.6 Å². The van der Waals surface area contributed by atoms with E-state index < -0.39 is 23.3 Å². The molecule has 1 atom stereocenters. The summed E-state index contributed by atoms with van der Waals surface area (Å²) in [6, 6.07) is 4.65. The van der Waals surface area contributed by atoms with Crippen LogP contribution in [-0.2, 0) is 15.1 Å². The average molecular weight is 349 g/mol. The van der Waals surface area contributed by atoms with E-state index in [1.54, 1.807) is 11.8 Å². The van der Waals surface area contributed by atoms with Crippen LogP contribution >= 0.6 is 0 Å². The van der Waals surface area contributed by atoms with Crippen molar-refractivity contribution in [2.45, 2.75) is 52.2 Å². The first-order valence-corrected chi connectivity index (χ1v) is 8.29. The Morgan fingerprint density at radius 2 is 1.68 bits per heavy atom. The molecule has 1 heterocycles. The zero-order valence-electron chi connectivity index (χ0n) is 15.2. The number of nitrogens with zero attached hydrogens (tertiary/aromatic N) is 2. The molecule has 1 unspecified atom stereocenters. The number of rotatable bonds is 5. The topological polar surface area (TPSA) is 69.7 Å². The fraction of sp³-hybridized carbons (Fsp3) is 0.500. The molecule has 136 valence electrons. The van der Waals surface area contributed by atoms with Gasteiger partial charge in [0.05, 0.1) is 0 Å². The summed E-state index contributed by atoms with van der Waals surface area (Å²) in [4.78, 5) is 40.2. The molecule has 0 aliphatic carbocycles. The van der Waals surface area contributed by atoms with Crippen molar-refractivity contribution in [2.24, 2.45) is 0 Å². The molecule has 1 aromatic carbocycles. The highest BCUT2D eigenvalue weighted by atomic mass is 19.1. The van der Waals surface area contributed by atoms with Crippen molar-refractivity contribution in [1.82, 2.24) is 15.1 Å². The average Bonchev–Trinajstić information content (AvgIpc) is 2.71. The number of amides is 4. The van der Waals surface area contributed by atoms with E-state index in [1.807, 2.05) is 27.7 Å². The van der Waals surface area contributed by atoms with Gasteiger partial charge in [-0.3, -0.25) is 14.5 Å². The predicted octanol–water partition coefficient (Wildman–Crippen LogP) is 2.24. The van der Waals surface area contributed by atoms with Crippen LogP contribution in [-0.4, -0.2) is 46.3 Å². The van der Waals surface area contributed by atoms with E-state index in [-0.39, 0.29) is 24.5 Å². The van der Waals surface area contributed by atoms with Crippen LogP contribution in [0.1, 0.15) is 40.2 Å². The van der Waals surface area contributed by atoms with Crippen LogP contribution in [0, 0.1) is 5.82 Å². The minimum Gasteiger partial charge on any atom is -0.336 e. The van der Waals surface area contributed by atoms with Gasteiger partial charge in [0.2, 0.25) is 5.91 Å². The Morgan fingerprint density at radius 3 is 2.16 bits per heavy atom. The number of carbonyl (C=O) groups is 3. The first-order valence-electron chi connectivity index (χ1n) is 8.29. The molecule has 1 N–H and O–H groups in total. The Hall–Kier alpha value is -2.44. The number of carbonyl (C=O) groups excluding carboxylic acids is 3. The third kappa shape index (κ3) is 3.50. The highest BCUT2D eigenvalue weighted by Gasteiger charge is 2.49. The van der Waals surface area contributed by atoms with E-state index >= 15 is 0 Å². The molecule has 1 saturated heterocycles. The molecule has 0 bridgehead atoms. The van der Waals surface area contributed by atoms with Gasteiger partial charge in [0.25, 0.3) is 5.91 Å². The predicted molar refractivity (Wildman–Crippen MR) is 91.1 cm³/mol. The summed E-state index contributed by atoms with van der Waals surface area (Å²) in [6.45, 7) is 8.75. The highest BCUT2D eigenvalue weighted by Crippen LogP contribution is 2.29. The van der Waals surface area contributed by atoms with Gasteiger partial charge >= 0.3 is 6.03 Å². The standard InChI is InChI=1S/C18H24FN3O3/c1-11(2)22(12(3)4)15(23)10-21-16(24)18(5,20-17(21)25)13-6-8-14(19)9-7-13/h6-9,11-12H,10H2,1-5H3,(H,20,25). The van der Waals surface area contributed by atoms with Crippen LogP contribution in [0.4, 0.5) is 9.18 Å². The first-order chi connectivity index (χ1) is 11.6. The summed E-state index contributed by atoms with van der Waals surface area (Å²) in [5, 5.41) is 2.61. The third-order valence-corrected chi connectivity index (χ3v) is 4.39. The second-order valence-electron chi connectivity index (χ2n) is 6.94. The van der Waals surface area contributed by atoms with Gasteiger partial charge < -0.3 is 10.2 Å². The van der Waals surface area contributed by atoms with E-state index in [9.17, 15) is 18.8 Å². The summed E-state index contributed by atoms with van der Waals surface area (Å²) in [5.74, 6) is -1.25. The van der Waals surface area contributed by atoms with Crippen molar-refractivity contribution in [2.75, 3.05) is 6.54 Å². The van der Waals surface area contributed by atoms with Gasteiger partial charge in [-0.1, -0.05) is 12.1 Å². The number of halogens is 1. The van der Waals surface area contributed by atoms with Crippen LogP contribution in [0.3, 0.4) is 0 Å². The molecular weight excluding hydrogens is 325 g/mol. The van der Waals surface area contributed by atoms with Crippen molar-refractivity contribution < 1.29 is 18.8 Å². The summed E-state index contributed by atoms with van der Waals surface area (Å²) in [7, 11) is 0. The minimum atomic E-state index is -1.31. The summed E-state index contributed by atoms with van der Waals surface area (Å²) in [6.07, 6.45) is 0. The van der Waals surface area contributed by atoms with Crippen LogP contribution < -0.4 is 5.32 Å². The fourth-order valence-corrected chi connectivity index (χ4v) is 3.21. The van der Waals surface area contributed by atoms with Gasteiger partial charge in [-0.15, -0.1) is 0 Å². The lowest BCUT2D eigenvalue weighted by Crippen LogP contribution is -2.49. The first kappa shape index (κ1) is 18.9. The van der Waals surface area contributed by atoms with E-state index in [1.165, 1.54) is 24.3 Å². The summed E-state index contributed by atoms with van der Waals surface area (Å²) in [5.41, 5.74) is -0.849. The number of hydrogen-bond donors (Lipinski definition) is 1. The lowest BCUT2D eigenvalue weighted by atomic mass is 9.92. The summed E-state index contributed by atoms with van der Waals surface area (Å²) >= 11 is 0. The van der Waals surface area contributed by atoms with Gasteiger partial charge in [0, 0.05) is 12.1 Å². The van der Waals surface area contributed by atoms with E-state index in [0.717, 1.165) is 4.90 Å². The number of urea groups is 1. The van der Waals surface area contributed by atoms with Gasteiger partial charge in [-0.25, -0.2) is 9.18 Å². The lowest BCUT2D eigenvalue weighted by molar-refractivity contribution is -0.141. The number of imide groups is 1. The Bertz CT molecular complexity index is 679. The molecule has 4 amide bonds. The van der Waals surface area contributed by atoms with Crippen LogP contribution in [0.5, 0.6) is 0 Å². The number of benzene rings is 1. The largest absolute Gasteiger partial charge is 0.336 e. The van der Waals surface area contributed by atoms with Gasteiger partial charge in [0.1, 0.15) is 17.9 Å². The molecule has 0 spiro atoms. The fourth-order valence-electron chi connectivity index (χ4n) is 3.21. The Balaban J connectivity index is 2.24. The molecule has 25 heavy (non-hydrogen) atoms. The molecule has 1 aromatic rings. The van der Waals surface area contributed by atoms with Gasteiger partial charge in [-0.05, 0) is 52.3 Å². The second-order valence-corrected chi connectivity index (χ2v) is 6.94. The van der Waals surface area contributed by atoms with E-state index in [0.29, 0.717) is 5.56 Å². The lowest BCUT2D eigenvalue weighted by Gasteiger charge is -2.32. The third-order valence-electron chi connectivity index (χ3n) is 4.39. The zero-order chi connectivity index (χ0) is 18.9. The summed E-state index contributed by atoms with van der Waals surface area (Å²) < 4.78 is 13.1. The Morgan fingerprint density at radius 1 is 1.16 bits per heavy atom. The SMILES string of the molecule is CC(C)N(C(=O)CN1C(=O)NC(C)(c2ccc(F)cc2)C1=O)C(C)C. The molecule has 7 heteroatoms. The molecule has 0 aromatic heterocycles. The van der Waals surface area contributed by atoms with Crippen molar-refractivity contribution in [3.8, 4) is 0 Å². The molecule has 6 nitrogen and oxygen atoms in total. The molecule has 2 rings (SSSR count). The quantitative estimate of drug-likeness (QED) is 0.829. The van der Waals surface area contributed by atoms with Crippen LogP contribution in [0.15, 0.2) is 24.3 Å².